The zero-order valence-corrected chi connectivity index (χ0v) is 31.0. The molecule has 0 fully saturated rings. The Morgan fingerprint density at radius 1 is 0.386 bits per heavy atom. The van der Waals surface area contributed by atoms with Crippen LogP contribution in [0.5, 0.6) is 0 Å². The molecule has 260 valence electrons. The Morgan fingerprint density at radius 2 is 0.705 bits per heavy atom. The van der Waals surface area contributed by atoms with Crippen LogP contribution in [-0.2, 0) is 19.5 Å². The van der Waals surface area contributed by atoms with E-state index in [-0.39, 0.29) is 0 Å². The number of rotatable bonds is 36. The summed E-state index contributed by atoms with van der Waals surface area (Å²) in [6, 6.07) is 0. The SMILES string of the molecule is CCCCCCCCCCCCCCCCCCn1cc[n+](CCCCCCCCCCCCCC)c1CCCCCCC. The van der Waals surface area contributed by atoms with Crippen LogP contribution in [0, 0.1) is 0 Å². The molecule has 0 spiro atoms. The summed E-state index contributed by atoms with van der Waals surface area (Å²) in [6.07, 6.45) is 53.4. The van der Waals surface area contributed by atoms with Gasteiger partial charge in [0.05, 0.1) is 13.1 Å². The number of nitrogens with zero attached hydrogens (tertiary/aromatic N) is 2. The Labute approximate surface area is 279 Å². The minimum absolute atomic E-state index is 1.23. The molecule has 0 aliphatic rings. The minimum atomic E-state index is 1.23. The van der Waals surface area contributed by atoms with Gasteiger partial charge in [0.25, 0.3) is 5.82 Å². The first-order valence-corrected chi connectivity index (χ1v) is 20.9. The van der Waals surface area contributed by atoms with Gasteiger partial charge in [0.15, 0.2) is 0 Å². The summed E-state index contributed by atoms with van der Waals surface area (Å²) in [6.45, 7) is 9.41. The minimum Gasteiger partial charge on any atom is -0.234 e. The van der Waals surface area contributed by atoms with Crippen molar-refractivity contribution >= 4 is 0 Å². The average molecular weight is 616 g/mol. The lowest BCUT2D eigenvalue weighted by atomic mass is 10.0. The molecule has 0 aromatic carbocycles. The molecule has 0 saturated heterocycles. The normalized spacial score (nSPS) is 11.6. The van der Waals surface area contributed by atoms with Gasteiger partial charge >= 0.3 is 0 Å². The first kappa shape index (κ1) is 41.2. The van der Waals surface area contributed by atoms with Crippen LogP contribution in [0.15, 0.2) is 12.4 Å². The Hall–Kier alpha value is -0.790. The Kier molecular flexibility index (Phi) is 31.5. The lowest BCUT2D eigenvalue weighted by molar-refractivity contribution is -0.704. The monoisotopic (exact) mass is 616 g/mol. The van der Waals surface area contributed by atoms with Crippen LogP contribution in [0.1, 0.15) is 238 Å². The third-order valence-corrected chi connectivity index (χ3v) is 10.1. The fourth-order valence-corrected chi connectivity index (χ4v) is 7.03. The Balaban J connectivity index is 2.16. The fourth-order valence-electron chi connectivity index (χ4n) is 7.03. The molecule has 1 rings (SSSR count). The van der Waals surface area contributed by atoms with Crippen molar-refractivity contribution in [1.29, 1.82) is 0 Å². The maximum atomic E-state index is 2.63. The van der Waals surface area contributed by atoms with Gasteiger partial charge < -0.3 is 0 Å². The summed E-state index contributed by atoms with van der Waals surface area (Å²) in [4.78, 5) is 0. The molecule has 0 aliphatic carbocycles. The van der Waals surface area contributed by atoms with Gasteiger partial charge in [-0.15, -0.1) is 0 Å². The second kappa shape index (κ2) is 33.6. The van der Waals surface area contributed by atoms with Crippen LogP contribution >= 0.6 is 0 Å². The van der Waals surface area contributed by atoms with E-state index in [1.807, 2.05) is 0 Å². The quantitative estimate of drug-likeness (QED) is 0.0524. The zero-order valence-electron chi connectivity index (χ0n) is 31.0. The van der Waals surface area contributed by atoms with Crippen molar-refractivity contribution in [2.24, 2.45) is 0 Å². The van der Waals surface area contributed by atoms with Gasteiger partial charge in [0.2, 0.25) is 0 Å². The van der Waals surface area contributed by atoms with E-state index in [1.54, 1.807) is 5.82 Å². The van der Waals surface area contributed by atoms with Crippen molar-refractivity contribution in [3.05, 3.63) is 18.2 Å². The molecule has 0 bridgehead atoms. The smallest absolute Gasteiger partial charge is 0.234 e. The summed E-state index contributed by atoms with van der Waals surface area (Å²) in [5, 5.41) is 0. The van der Waals surface area contributed by atoms with Crippen molar-refractivity contribution in [3.63, 3.8) is 0 Å². The molecular weight excluding hydrogens is 532 g/mol. The molecule has 0 N–H and O–H groups in total. The average Bonchev–Trinajstić information content (AvgIpc) is 3.42. The molecule has 0 aliphatic heterocycles. The molecule has 0 atom stereocenters. The molecule has 0 radical (unpaired) electrons. The molecule has 0 amide bonds. The number of aromatic nitrogens is 2. The highest BCUT2D eigenvalue weighted by Gasteiger charge is 2.16. The van der Waals surface area contributed by atoms with Crippen molar-refractivity contribution in [1.82, 2.24) is 4.57 Å². The summed E-state index contributed by atoms with van der Waals surface area (Å²) in [5.74, 6) is 1.62. The summed E-state index contributed by atoms with van der Waals surface area (Å²) >= 11 is 0. The van der Waals surface area contributed by atoms with E-state index in [9.17, 15) is 0 Å². The maximum Gasteiger partial charge on any atom is 0.256 e. The van der Waals surface area contributed by atoms with Crippen molar-refractivity contribution < 1.29 is 4.57 Å². The summed E-state index contributed by atoms with van der Waals surface area (Å²) in [5.41, 5.74) is 0. The topological polar surface area (TPSA) is 8.81 Å². The van der Waals surface area contributed by atoms with Gasteiger partial charge in [-0.2, -0.15) is 0 Å². The largest absolute Gasteiger partial charge is 0.256 e. The Morgan fingerprint density at radius 3 is 1.09 bits per heavy atom. The first-order valence-electron chi connectivity index (χ1n) is 20.9. The second-order valence-electron chi connectivity index (χ2n) is 14.5. The van der Waals surface area contributed by atoms with E-state index in [1.165, 1.54) is 231 Å². The highest BCUT2D eigenvalue weighted by atomic mass is 15.1. The highest BCUT2D eigenvalue weighted by molar-refractivity contribution is 4.84. The molecular formula is C42H83N2+. The third kappa shape index (κ3) is 25.4. The first-order chi connectivity index (χ1) is 21.8. The zero-order chi connectivity index (χ0) is 31.6. The number of unbranched alkanes of at least 4 members (excludes halogenated alkanes) is 30. The van der Waals surface area contributed by atoms with Crippen molar-refractivity contribution in [2.45, 2.75) is 252 Å². The van der Waals surface area contributed by atoms with Crippen LogP contribution in [0.2, 0.25) is 0 Å². The number of hydrogen-bond donors (Lipinski definition) is 0. The van der Waals surface area contributed by atoms with Gasteiger partial charge in [-0.3, -0.25) is 0 Å². The molecule has 2 heteroatoms. The number of imidazole rings is 1. The van der Waals surface area contributed by atoms with Crippen LogP contribution in [0.4, 0.5) is 0 Å². The number of hydrogen-bond acceptors (Lipinski definition) is 0. The molecule has 1 aromatic heterocycles. The van der Waals surface area contributed by atoms with Crippen LogP contribution < -0.4 is 4.57 Å². The molecule has 44 heavy (non-hydrogen) atoms. The molecule has 2 nitrogen and oxygen atoms in total. The van der Waals surface area contributed by atoms with E-state index >= 15 is 0 Å². The summed E-state index contributed by atoms with van der Waals surface area (Å²) in [7, 11) is 0. The molecule has 1 heterocycles. The molecule has 0 unspecified atom stereocenters. The fraction of sp³-hybridized carbons (Fsp3) is 0.929. The van der Waals surface area contributed by atoms with Crippen LogP contribution in [0.3, 0.4) is 0 Å². The summed E-state index contributed by atoms with van der Waals surface area (Å²) < 4.78 is 5.26. The van der Waals surface area contributed by atoms with Gasteiger partial charge in [-0.05, 0) is 32.1 Å². The van der Waals surface area contributed by atoms with Gasteiger partial charge in [-0.1, -0.05) is 201 Å². The second-order valence-corrected chi connectivity index (χ2v) is 14.5. The third-order valence-electron chi connectivity index (χ3n) is 10.1. The number of aryl methyl sites for hydroxylation is 2. The van der Waals surface area contributed by atoms with E-state index < -0.39 is 0 Å². The predicted molar refractivity (Wildman–Crippen MR) is 198 cm³/mol. The van der Waals surface area contributed by atoms with Gasteiger partial charge in [0.1, 0.15) is 12.4 Å². The van der Waals surface area contributed by atoms with Crippen LogP contribution in [-0.4, -0.2) is 4.57 Å². The highest BCUT2D eigenvalue weighted by Crippen LogP contribution is 2.16. The maximum absolute atomic E-state index is 2.63. The van der Waals surface area contributed by atoms with Crippen molar-refractivity contribution in [3.8, 4) is 0 Å². The van der Waals surface area contributed by atoms with E-state index in [0.717, 1.165) is 0 Å². The van der Waals surface area contributed by atoms with E-state index in [2.05, 4.69) is 42.3 Å². The van der Waals surface area contributed by atoms with Gasteiger partial charge in [0, 0.05) is 6.42 Å². The van der Waals surface area contributed by atoms with E-state index in [4.69, 9.17) is 0 Å². The van der Waals surface area contributed by atoms with Crippen molar-refractivity contribution in [2.75, 3.05) is 0 Å². The van der Waals surface area contributed by atoms with E-state index in [0.29, 0.717) is 0 Å². The lowest BCUT2D eigenvalue weighted by Gasteiger charge is -2.07. The molecule has 1 aromatic rings. The van der Waals surface area contributed by atoms with Gasteiger partial charge in [-0.25, -0.2) is 9.13 Å². The Bertz CT molecular complexity index is 677. The predicted octanol–water partition coefficient (Wildman–Crippen LogP) is 14.3. The van der Waals surface area contributed by atoms with Crippen LogP contribution in [0.25, 0.3) is 0 Å². The standard InChI is InChI=1S/C42H83N2/c1-4-7-10-13-15-17-19-21-22-23-24-26-28-30-33-36-39-44-41-40-43(42(44)37-34-31-12-9-6-3)38-35-32-29-27-25-20-18-16-14-11-8-5-2/h40-41H,4-39H2,1-3H3/q+1. The lowest BCUT2D eigenvalue weighted by Crippen LogP contribution is -2.37. The molecule has 0 saturated carbocycles.